The highest BCUT2D eigenvalue weighted by Gasteiger charge is 2.39. The second-order valence-corrected chi connectivity index (χ2v) is 7.43. The second-order valence-electron chi connectivity index (χ2n) is 7.43. The van der Waals surface area contributed by atoms with E-state index in [-0.39, 0.29) is 29.9 Å². The average molecular weight is 438 g/mol. The molecule has 11 nitrogen and oxygen atoms in total. The van der Waals surface area contributed by atoms with Crippen LogP contribution in [-0.4, -0.2) is 62.7 Å². The third-order valence-corrected chi connectivity index (χ3v) is 5.51. The van der Waals surface area contributed by atoms with Crippen molar-refractivity contribution in [1.29, 1.82) is 5.26 Å². The molecule has 3 aromatic rings. The van der Waals surface area contributed by atoms with Crippen LogP contribution in [0.5, 0.6) is 0 Å². The van der Waals surface area contributed by atoms with E-state index in [0.717, 1.165) is 0 Å². The molecular formula is C20H19FN8O3. The van der Waals surface area contributed by atoms with Crippen LogP contribution in [0.1, 0.15) is 23.3 Å². The van der Waals surface area contributed by atoms with Gasteiger partial charge in [0.15, 0.2) is 11.5 Å². The van der Waals surface area contributed by atoms with E-state index in [1.54, 1.807) is 4.90 Å². The van der Waals surface area contributed by atoms with Gasteiger partial charge in [0.25, 0.3) is 5.91 Å². The molecule has 12 heteroatoms. The zero-order chi connectivity index (χ0) is 22.2. The zero-order valence-corrected chi connectivity index (χ0v) is 16.8. The number of amides is 1. The summed E-state index contributed by atoms with van der Waals surface area (Å²) < 4.78 is 20.8. The molecule has 3 N–H and O–H groups in total. The number of nitrogens with zero attached hydrogens (tertiary/aromatic N) is 6. The summed E-state index contributed by atoms with van der Waals surface area (Å²) in [6.07, 6.45) is 1.68. The van der Waals surface area contributed by atoms with E-state index in [1.165, 1.54) is 29.1 Å². The van der Waals surface area contributed by atoms with Gasteiger partial charge in [0.2, 0.25) is 12.3 Å². The van der Waals surface area contributed by atoms with Crippen LogP contribution in [0.2, 0.25) is 0 Å². The fourth-order valence-corrected chi connectivity index (χ4v) is 4.02. The highest BCUT2D eigenvalue weighted by molar-refractivity contribution is 6.01. The zero-order valence-electron chi connectivity index (χ0n) is 16.8. The number of hydrogen-bond donors (Lipinski definition) is 3. The molecule has 0 bridgehead atoms. The maximum Gasteiger partial charge on any atom is 0.273 e. The number of anilines is 2. The number of halogens is 1. The lowest BCUT2D eigenvalue weighted by atomic mass is 10.1. The molecule has 2 aliphatic rings. The van der Waals surface area contributed by atoms with E-state index >= 15 is 0 Å². The standard InChI is InChI=1S/C20H19FN8O3/c21-11-1-2-13-14(9-11)28(10-24-13)19-25-16(18(30)23-6-5-22)15-17(27-19)29(20(31)26-15)12-3-7-32-8-4-12/h1-2,9-10,12,20,26,31H,3-4,6-8H2,(H,23,30). The normalized spacial score (nSPS) is 18.3. The van der Waals surface area contributed by atoms with Crippen molar-refractivity contribution in [2.45, 2.75) is 25.2 Å². The summed E-state index contributed by atoms with van der Waals surface area (Å²) in [7, 11) is 0. The number of ether oxygens (including phenoxy) is 1. The first kappa shape index (κ1) is 20.1. The summed E-state index contributed by atoms with van der Waals surface area (Å²) in [4.78, 5) is 27.7. The van der Waals surface area contributed by atoms with Crippen LogP contribution in [0.4, 0.5) is 15.9 Å². The highest BCUT2D eigenvalue weighted by atomic mass is 19.1. The molecule has 1 atom stereocenters. The van der Waals surface area contributed by atoms with Crippen LogP contribution in [0, 0.1) is 17.1 Å². The predicted octanol–water partition coefficient (Wildman–Crippen LogP) is 0.895. The second kappa shape index (κ2) is 8.03. The van der Waals surface area contributed by atoms with Crippen LogP contribution >= 0.6 is 0 Å². The number of nitriles is 1. The molecule has 2 aliphatic heterocycles. The third-order valence-electron chi connectivity index (χ3n) is 5.51. The van der Waals surface area contributed by atoms with Gasteiger partial charge in [-0.2, -0.15) is 10.2 Å². The van der Waals surface area contributed by atoms with Gasteiger partial charge < -0.3 is 25.4 Å². The van der Waals surface area contributed by atoms with Gasteiger partial charge in [0.05, 0.1) is 17.1 Å². The Bertz CT molecular complexity index is 1230. The predicted molar refractivity (Wildman–Crippen MR) is 111 cm³/mol. The summed E-state index contributed by atoms with van der Waals surface area (Å²) >= 11 is 0. The lowest BCUT2D eigenvalue weighted by molar-refractivity contribution is 0.0732. The van der Waals surface area contributed by atoms with E-state index in [1.807, 2.05) is 6.07 Å². The number of fused-ring (bicyclic) bond motifs is 2. The van der Waals surface area contributed by atoms with E-state index in [2.05, 4.69) is 25.6 Å². The van der Waals surface area contributed by atoms with Gasteiger partial charge in [-0.05, 0) is 25.0 Å². The van der Waals surface area contributed by atoms with E-state index < -0.39 is 18.1 Å². The third kappa shape index (κ3) is 3.37. The Morgan fingerprint density at radius 3 is 2.97 bits per heavy atom. The first-order valence-corrected chi connectivity index (χ1v) is 10.1. The molecule has 164 valence electrons. The molecule has 1 saturated heterocycles. The smallest absolute Gasteiger partial charge is 0.273 e. The number of nitrogens with one attached hydrogen (secondary N) is 2. The Morgan fingerprint density at radius 1 is 1.38 bits per heavy atom. The number of aliphatic hydroxyl groups is 1. The van der Waals surface area contributed by atoms with E-state index in [0.29, 0.717) is 42.9 Å². The van der Waals surface area contributed by atoms with Crippen LogP contribution < -0.4 is 15.5 Å². The molecule has 5 rings (SSSR count). The summed E-state index contributed by atoms with van der Waals surface area (Å²) in [5, 5.41) is 24.9. The van der Waals surface area contributed by atoms with E-state index in [9.17, 15) is 14.3 Å². The van der Waals surface area contributed by atoms with Crippen LogP contribution in [0.15, 0.2) is 24.5 Å². The number of imidazole rings is 1. The highest BCUT2D eigenvalue weighted by Crippen LogP contribution is 2.38. The number of carbonyl (C=O) groups excluding carboxylic acids is 1. The number of benzene rings is 1. The molecule has 0 aliphatic carbocycles. The molecule has 1 unspecified atom stereocenters. The number of aliphatic hydroxyl groups excluding tert-OH is 1. The Labute approximate surface area is 181 Å². The average Bonchev–Trinajstić information content (AvgIpc) is 3.37. The molecule has 0 radical (unpaired) electrons. The number of aromatic nitrogens is 4. The largest absolute Gasteiger partial charge is 0.381 e. The minimum Gasteiger partial charge on any atom is -0.381 e. The van der Waals surface area contributed by atoms with Crippen molar-refractivity contribution >= 4 is 28.4 Å². The lowest BCUT2D eigenvalue weighted by Gasteiger charge is -2.33. The Hall–Kier alpha value is -3.82. The monoisotopic (exact) mass is 438 g/mol. The first-order chi connectivity index (χ1) is 15.6. The minimum absolute atomic E-state index is 0.0351. The summed E-state index contributed by atoms with van der Waals surface area (Å²) in [5.74, 6) is -0.620. The number of hydrogen-bond acceptors (Lipinski definition) is 9. The number of carbonyl (C=O) groups is 1. The van der Waals surface area contributed by atoms with Gasteiger partial charge in [-0.3, -0.25) is 9.36 Å². The number of rotatable bonds is 4. The minimum atomic E-state index is -1.11. The quantitative estimate of drug-likeness (QED) is 0.507. The van der Waals surface area contributed by atoms with Crippen LogP contribution in [-0.2, 0) is 4.74 Å². The fourth-order valence-electron chi connectivity index (χ4n) is 4.02. The molecule has 4 heterocycles. The molecule has 0 spiro atoms. The first-order valence-electron chi connectivity index (χ1n) is 10.1. The van der Waals surface area contributed by atoms with Crippen molar-refractivity contribution in [3.8, 4) is 12.0 Å². The van der Waals surface area contributed by atoms with Crippen molar-refractivity contribution in [3.05, 3.63) is 36.0 Å². The van der Waals surface area contributed by atoms with E-state index in [4.69, 9.17) is 10.00 Å². The Kier molecular flexibility index (Phi) is 5.04. The molecule has 1 fully saturated rings. The summed E-state index contributed by atoms with van der Waals surface area (Å²) in [6, 6.07) is 5.93. The van der Waals surface area contributed by atoms with Gasteiger partial charge >= 0.3 is 0 Å². The van der Waals surface area contributed by atoms with Crippen LogP contribution in [0.25, 0.3) is 17.0 Å². The van der Waals surface area contributed by atoms with Crippen molar-refractivity contribution in [2.24, 2.45) is 0 Å². The van der Waals surface area contributed by atoms with Gasteiger partial charge in [-0.25, -0.2) is 14.4 Å². The van der Waals surface area contributed by atoms with Gasteiger partial charge in [-0.15, -0.1) is 0 Å². The molecular weight excluding hydrogens is 419 g/mol. The van der Waals surface area contributed by atoms with Crippen molar-refractivity contribution < 1.29 is 19.0 Å². The Morgan fingerprint density at radius 2 is 2.19 bits per heavy atom. The van der Waals surface area contributed by atoms with Gasteiger partial charge in [-0.1, -0.05) is 0 Å². The Balaban J connectivity index is 1.67. The van der Waals surface area contributed by atoms with Crippen molar-refractivity contribution in [2.75, 3.05) is 30.0 Å². The molecule has 1 aromatic carbocycles. The molecule has 1 amide bonds. The maximum absolute atomic E-state index is 13.9. The molecule has 2 aromatic heterocycles. The lowest BCUT2D eigenvalue weighted by Crippen LogP contribution is -2.46. The molecule has 32 heavy (non-hydrogen) atoms. The maximum atomic E-state index is 13.9. The fraction of sp³-hybridized carbons (Fsp3) is 0.350. The SMILES string of the molecule is N#CCNC(=O)c1nc(-n2cnc3ccc(F)cc32)nc2c1NC(O)N2C1CCOCC1. The summed E-state index contributed by atoms with van der Waals surface area (Å²) in [5.41, 5.74) is 1.19. The van der Waals surface area contributed by atoms with Crippen LogP contribution in [0.3, 0.4) is 0 Å². The topological polar surface area (TPSA) is 141 Å². The summed E-state index contributed by atoms with van der Waals surface area (Å²) in [6.45, 7) is 0.878. The van der Waals surface area contributed by atoms with Gasteiger partial charge in [0.1, 0.15) is 24.4 Å². The van der Waals surface area contributed by atoms with Crippen molar-refractivity contribution in [3.63, 3.8) is 0 Å². The van der Waals surface area contributed by atoms with Crippen molar-refractivity contribution in [1.82, 2.24) is 24.8 Å². The van der Waals surface area contributed by atoms with Gasteiger partial charge in [0, 0.05) is 25.3 Å². The molecule has 0 saturated carbocycles.